The van der Waals surface area contributed by atoms with Crippen molar-refractivity contribution in [1.29, 1.82) is 0 Å². The smallest absolute Gasteiger partial charge is 0.323 e. The van der Waals surface area contributed by atoms with Crippen LogP contribution in [0.3, 0.4) is 0 Å². The maximum Gasteiger partial charge on any atom is 0.434 e. The zero-order valence-corrected chi connectivity index (χ0v) is 13.5. The quantitative estimate of drug-likeness (QED) is 0.517. The van der Waals surface area contributed by atoms with Crippen LogP contribution in [0.1, 0.15) is 17.1 Å². The molecule has 3 heterocycles. The summed E-state index contributed by atoms with van der Waals surface area (Å²) in [5, 5.41) is -0.375. The average Bonchev–Trinajstić information content (AvgIpc) is 2.96. The fraction of sp³-hybridized carbons (Fsp3) is 0.200. The van der Waals surface area contributed by atoms with Crippen molar-refractivity contribution in [3.63, 3.8) is 0 Å². The van der Waals surface area contributed by atoms with Crippen molar-refractivity contribution in [2.24, 2.45) is 0 Å². The molecule has 0 aliphatic heterocycles. The molecule has 3 rings (SSSR count). The molecule has 0 bridgehead atoms. The zero-order valence-electron chi connectivity index (χ0n) is 12.7. The fourth-order valence-corrected chi connectivity index (χ4v) is 2.20. The van der Waals surface area contributed by atoms with E-state index in [2.05, 4.69) is 19.9 Å². The monoisotopic (exact) mass is 371 g/mol. The Morgan fingerprint density at radius 3 is 2.40 bits per heavy atom. The molecule has 5 nitrogen and oxygen atoms in total. The number of aromatic nitrogens is 5. The molecule has 0 saturated heterocycles. The van der Waals surface area contributed by atoms with Gasteiger partial charge in [0, 0.05) is 30.4 Å². The van der Waals surface area contributed by atoms with Gasteiger partial charge in [-0.1, -0.05) is 11.6 Å². The molecule has 0 spiro atoms. The molecule has 0 aliphatic carbocycles. The Hall–Kier alpha value is -2.55. The lowest BCUT2D eigenvalue weighted by Crippen LogP contribution is -2.06. The molecule has 0 saturated carbocycles. The summed E-state index contributed by atoms with van der Waals surface area (Å²) in [5.41, 5.74) is -0.232. The molecule has 130 valence electrons. The highest BCUT2D eigenvalue weighted by molar-refractivity contribution is 6.29. The van der Waals surface area contributed by atoms with Crippen molar-refractivity contribution in [3.05, 3.63) is 58.9 Å². The van der Waals surface area contributed by atoms with Crippen LogP contribution >= 0.6 is 11.6 Å². The summed E-state index contributed by atoms with van der Waals surface area (Å²) in [6, 6.07) is 0.977. The second-order valence-electron chi connectivity index (χ2n) is 5.25. The lowest BCUT2D eigenvalue weighted by Gasteiger charge is -2.07. The van der Waals surface area contributed by atoms with E-state index in [0.29, 0.717) is 5.82 Å². The maximum atomic E-state index is 13.6. The second-order valence-corrected chi connectivity index (χ2v) is 5.61. The summed E-state index contributed by atoms with van der Waals surface area (Å²) in [6.07, 6.45) is 0.429. The van der Waals surface area contributed by atoms with Crippen LogP contribution in [0, 0.1) is 12.7 Å². The van der Waals surface area contributed by atoms with Gasteiger partial charge in [-0.15, -0.1) is 0 Å². The van der Waals surface area contributed by atoms with Crippen molar-refractivity contribution in [2.45, 2.75) is 19.6 Å². The van der Waals surface area contributed by atoms with Crippen LogP contribution in [0.4, 0.5) is 17.6 Å². The van der Waals surface area contributed by atoms with E-state index in [0.717, 1.165) is 24.0 Å². The fourth-order valence-electron chi connectivity index (χ4n) is 2.10. The molecule has 0 amide bonds. The van der Waals surface area contributed by atoms with Crippen molar-refractivity contribution < 1.29 is 17.6 Å². The van der Waals surface area contributed by atoms with Crippen LogP contribution in [-0.2, 0) is 12.7 Å². The van der Waals surface area contributed by atoms with Crippen LogP contribution in [0.5, 0.6) is 0 Å². The SMILES string of the molecule is Cc1cnc(Cn2cc(C(F)(F)F)nc2-c2cnc(Cl)c(F)c2)nc1. The molecule has 0 N–H and O–H groups in total. The molecule has 3 aromatic rings. The molecule has 0 aliphatic rings. The topological polar surface area (TPSA) is 56.5 Å². The van der Waals surface area contributed by atoms with Crippen molar-refractivity contribution in [2.75, 3.05) is 0 Å². The lowest BCUT2D eigenvalue weighted by molar-refractivity contribution is -0.140. The third kappa shape index (κ3) is 3.76. The van der Waals surface area contributed by atoms with Crippen molar-refractivity contribution >= 4 is 11.6 Å². The molecular weight excluding hydrogens is 362 g/mol. The van der Waals surface area contributed by atoms with Crippen LogP contribution in [-0.4, -0.2) is 24.5 Å². The number of rotatable bonds is 3. The van der Waals surface area contributed by atoms with E-state index >= 15 is 0 Å². The van der Waals surface area contributed by atoms with E-state index < -0.39 is 17.7 Å². The third-order valence-electron chi connectivity index (χ3n) is 3.27. The Labute approximate surface area is 144 Å². The summed E-state index contributed by atoms with van der Waals surface area (Å²) in [7, 11) is 0. The first-order valence-electron chi connectivity index (χ1n) is 6.97. The summed E-state index contributed by atoms with van der Waals surface area (Å²) in [6.45, 7) is 1.72. The molecule has 25 heavy (non-hydrogen) atoms. The first kappa shape index (κ1) is 17.3. The summed E-state index contributed by atoms with van der Waals surface area (Å²) < 4.78 is 53.9. The third-order valence-corrected chi connectivity index (χ3v) is 3.55. The number of alkyl halides is 3. The van der Waals surface area contributed by atoms with E-state index in [-0.39, 0.29) is 23.1 Å². The van der Waals surface area contributed by atoms with Crippen LogP contribution in [0.15, 0.2) is 30.9 Å². The highest BCUT2D eigenvalue weighted by Gasteiger charge is 2.35. The van der Waals surface area contributed by atoms with Gasteiger partial charge < -0.3 is 4.57 Å². The van der Waals surface area contributed by atoms with Crippen LogP contribution in [0.25, 0.3) is 11.4 Å². The molecule has 0 unspecified atom stereocenters. The molecule has 3 aromatic heterocycles. The minimum atomic E-state index is -4.65. The molecule has 0 fully saturated rings. The van der Waals surface area contributed by atoms with Gasteiger partial charge in [-0.25, -0.2) is 24.3 Å². The number of hydrogen-bond donors (Lipinski definition) is 0. The Morgan fingerprint density at radius 1 is 1.12 bits per heavy atom. The van der Waals surface area contributed by atoms with Gasteiger partial charge in [0.1, 0.15) is 11.6 Å². The van der Waals surface area contributed by atoms with Crippen LogP contribution < -0.4 is 0 Å². The number of halogens is 5. The predicted molar refractivity (Wildman–Crippen MR) is 81.3 cm³/mol. The molecule has 0 radical (unpaired) electrons. The molecule has 10 heteroatoms. The van der Waals surface area contributed by atoms with Crippen molar-refractivity contribution in [3.8, 4) is 11.4 Å². The Balaban J connectivity index is 2.07. The average molecular weight is 372 g/mol. The van der Waals surface area contributed by atoms with Gasteiger partial charge in [-0.05, 0) is 18.6 Å². The Morgan fingerprint density at radius 2 is 1.80 bits per heavy atom. The zero-order chi connectivity index (χ0) is 18.2. The Bertz CT molecular complexity index is 905. The van der Waals surface area contributed by atoms with Gasteiger partial charge in [-0.3, -0.25) is 0 Å². The lowest BCUT2D eigenvalue weighted by atomic mass is 10.2. The minimum Gasteiger partial charge on any atom is -0.323 e. The predicted octanol–water partition coefficient (Wildman–Crippen LogP) is 3.90. The van der Waals surface area contributed by atoms with E-state index in [9.17, 15) is 17.6 Å². The first-order valence-corrected chi connectivity index (χ1v) is 7.35. The first-order chi connectivity index (χ1) is 11.7. The van der Waals surface area contributed by atoms with Gasteiger partial charge in [-0.2, -0.15) is 13.2 Å². The number of nitrogens with zero attached hydrogens (tertiary/aromatic N) is 5. The van der Waals surface area contributed by atoms with E-state index in [1.54, 1.807) is 19.3 Å². The number of aryl methyl sites for hydroxylation is 1. The molecule has 0 aromatic carbocycles. The van der Waals surface area contributed by atoms with E-state index in [4.69, 9.17) is 11.6 Å². The molecule has 0 atom stereocenters. The summed E-state index contributed by atoms with van der Waals surface area (Å²) in [5.74, 6) is -0.672. The molecular formula is C15H10ClF4N5. The van der Waals surface area contributed by atoms with Crippen LogP contribution in [0.2, 0.25) is 5.15 Å². The summed E-state index contributed by atoms with van der Waals surface area (Å²) >= 11 is 5.52. The second kappa shape index (κ2) is 6.40. The van der Waals surface area contributed by atoms with Crippen molar-refractivity contribution in [1.82, 2.24) is 24.5 Å². The largest absolute Gasteiger partial charge is 0.434 e. The number of pyridine rings is 1. The van der Waals surface area contributed by atoms with Gasteiger partial charge >= 0.3 is 6.18 Å². The maximum absolute atomic E-state index is 13.6. The minimum absolute atomic E-state index is 0.0597. The normalized spacial score (nSPS) is 11.8. The Kier molecular flexibility index (Phi) is 4.42. The van der Waals surface area contributed by atoms with Gasteiger partial charge in [0.25, 0.3) is 0 Å². The standard InChI is InChI=1S/C15H10ClF4N5/c1-8-3-21-12(22-4-8)7-25-6-11(15(18,19)20)24-14(25)9-2-10(17)13(16)23-5-9/h2-6H,7H2,1H3. The highest BCUT2D eigenvalue weighted by Crippen LogP contribution is 2.31. The van der Waals surface area contributed by atoms with Gasteiger partial charge in [0.05, 0.1) is 6.54 Å². The summed E-state index contributed by atoms with van der Waals surface area (Å²) in [4.78, 5) is 15.3. The van der Waals surface area contributed by atoms with E-state index in [1.807, 2.05) is 0 Å². The number of hydrogen-bond acceptors (Lipinski definition) is 4. The van der Waals surface area contributed by atoms with Gasteiger partial charge in [0.15, 0.2) is 16.7 Å². The van der Waals surface area contributed by atoms with E-state index in [1.165, 1.54) is 4.57 Å². The van der Waals surface area contributed by atoms with Gasteiger partial charge in [0.2, 0.25) is 0 Å². The number of imidazole rings is 1. The highest BCUT2D eigenvalue weighted by atomic mass is 35.5.